The molecular weight excluding hydrogens is 300 g/mol. The van der Waals surface area contributed by atoms with E-state index in [2.05, 4.69) is 47.9 Å². The summed E-state index contributed by atoms with van der Waals surface area (Å²) in [6.45, 7) is 4.91. The Hall–Kier alpha value is -2.20. The Bertz CT molecular complexity index is 655. The molecule has 128 valence electrons. The number of methoxy groups -OCH3 is 1. The van der Waals surface area contributed by atoms with Gasteiger partial charge in [0.15, 0.2) is 0 Å². The summed E-state index contributed by atoms with van der Waals surface area (Å²) < 4.78 is 11.0. The normalized spacial score (nSPS) is 16.0. The molecule has 0 radical (unpaired) electrons. The molecule has 0 amide bonds. The number of hydrogen-bond acceptors (Lipinski definition) is 4. The largest absolute Gasteiger partial charge is 0.497 e. The fourth-order valence-electron chi connectivity index (χ4n) is 2.87. The maximum Gasteiger partial charge on any atom is 0.142 e. The van der Waals surface area contributed by atoms with Crippen molar-refractivity contribution in [2.75, 3.05) is 32.1 Å². The van der Waals surface area contributed by atoms with Crippen LogP contribution in [0.5, 0.6) is 11.5 Å². The van der Waals surface area contributed by atoms with Crippen molar-refractivity contribution < 1.29 is 9.47 Å². The van der Waals surface area contributed by atoms with Crippen LogP contribution in [-0.4, -0.2) is 32.8 Å². The monoisotopic (exact) mass is 326 g/mol. The van der Waals surface area contributed by atoms with Gasteiger partial charge < -0.3 is 20.1 Å². The van der Waals surface area contributed by atoms with Gasteiger partial charge in [0.25, 0.3) is 0 Å². The summed E-state index contributed by atoms with van der Waals surface area (Å²) in [5.74, 6) is 1.87. The van der Waals surface area contributed by atoms with Crippen LogP contribution in [0.2, 0.25) is 0 Å². The summed E-state index contributed by atoms with van der Waals surface area (Å²) in [6.07, 6.45) is 2.29. The van der Waals surface area contributed by atoms with Crippen LogP contribution < -0.4 is 20.1 Å². The van der Waals surface area contributed by atoms with Gasteiger partial charge in [0, 0.05) is 0 Å². The van der Waals surface area contributed by atoms with Crippen LogP contribution in [0.3, 0.4) is 0 Å². The van der Waals surface area contributed by atoms with Crippen molar-refractivity contribution in [3.05, 3.63) is 53.6 Å². The molecule has 0 bridgehead atoms. The highest BCUT2D eigenvalue weighted by molar-refractivity contribution is 5.59. The van der Waals surface area contributed by atoms with E-state index in [4.69, 9.17) is 9.47 Å². The molecular formula is C20H26N2O2. The summed E-state index contributed by atoms with van der Waals surface area (Å²) in [6, 6.07) is 14.7. The second-order valence-electron chi connectivity index (χ2n) is 6.24. The third-order valence-corrected chi connectivity index (χ3v) is 4.29. The molecule has 4 heteroatoms. The molecule has 0 saturated carbocycles. The first-order chi connectivity index (χ1) is 11.7. The Labute approximate surface area is 144 Å². The van der Waals surface area contributed by atoms with Gasteiger partial charge in [0.2, 0.25) is 0 Å². The third-order valence-electron chi connectivity index (χ3n) is 4.29. The minimum Gasteiger partial charge on any atom is -0.497 e. The van der Waals surface area contributed by atoms with E-state index in [1.54, 1.807) is 7.11 Å². The Morgan fingerprint density at radius 3 is 2.54 bits per heavy atom. The molecule has 2 N–H and O–H groups in total. The van der Waals surface area contributed by atoms with Gasteiger partial charge in [0.1, 0.15) is 17.6 Å². The first kappa shape index (κ1) is 16.7. The van der Waals surface area contributed by atoms with Crippen LogP contribution in [0, 0.1) is 0 Å². The number of nitrogens with one attached hydrogen (secondary N) is 2. The number of hydrogen-bond donors (Lipinski definition) is 2. The maximum atomic E-state index is 5.81. The molecule has 1 aliphatic heterocycles. The zero-order valence-electron chi connectivity index (χ0n) is 14.5. The van der Waals surface area contributed by atoms with Crippen molar-refractivity contribution >= 4 is 5.69 Å². The molecule has 0 saturated heterocycles. The van der Waals surface area contributed by atoms with Gasteiger partial charge in [0.05, 0.1) is 19.3 Å². The number of fused-ring (bicyclic) bond motifs is 1. The topological polar surface area (TPSA) is 42.5 Å². The van der Waals surface area contributed by atoms with Crippen molar-refractivity contribution in [3.8, 4) is 11.5 Å². The van der Waals surface area contributed by atoms with E-state index in [0.29, 0.717) is 0 Å². The van der Waals surface area contributed by atoms with E-state index in [-0.39, 0.29) is 6.10 Å². The van der Waals surface area contributed by atoms with Crippen molar-refractivity contribution in [3.63, 3.8) is 0 Å². The molecule has 0 spiro atoms. The van der Waals surface area contributed by atoms with Gasteiger partial charge >= 0.3 is 0 Å². The van der Waals surface area contributed by atoms with Gasteiger partial charge in [-0.2, -0.15) is 0 Å². The summed E-state index contributed by atoms with van der Waals surface area (Å²) in [4.78, 5) is 0. The average Bonchev–Trinajstić information content (AvgIpc) is 2.62. The maximum absolute atomic E-state index is 5.81. The van der Waals surface area contributed by atoms with Gasteiger partial charge in [-0.05, 0) is 68.2 Å². The fourth-order valence-corrected chi connectivity index (χ4v) is 2.87. The fraction of sp³-hybridized carbons (Fsp3) is 0.400. The summed E-state index contributed by atoms with van der Waals surface area (Å²) in [7, 11) is 1.69. The smallest absolute Gasteiger partial charge is 0.142 e. The van der Waals surface area contributed by atoms with E-state index in [1.165, 1.54) is 11.1 Å². The van der Waals surface area contributed by atoms with Gasteiger partial charge in [-0.25, -0.2) is 0 Å². The molecule has 24 heavy (non-hydrogen) atoms. The van der Waals surface area contributed by atoms with E-state index in [0.717, 1.165) is 49.7 Å². The SMILES string of the molecule is COc1ccc(CCNCCc2ccc3c(c2)NCC(C)O3)cc1. The van der Waals surface area contributed by atoms with Gasteiger partial charge in [-0.15, -0.1) is 0 Å². The number of rotatable bonds is 7. The van der Waals surface area contributed by atoms with Crippen LogP contribution in [-0.2, 0) is 12.8 Å². The second kappa shape index (κ2) is 8.06. The minimum absolute atomic E-state index is 0.239. The summed E-state index contributed by atoms with van der Waals surface area (Å²) in [5, 5.41) is 6.94. The molecule has 4 nitrogen and oxygen atoms in total. The second-order valence-corrected chi connectivity index (χ2v) is 6.24. The third kappa shape index (κ3) is 4.42. The van der Waals surface area contributed by atoms with E-state index in [9.17, 15) is 0 Å². The van der Waals surface area contributed by atoms with Crippen molar-refractivity contribution in [1.82, 2.24) is 5.32 Å². The zero-order valence-corrected chi connectivity index (χ0v) is 14.5. The lowest BCUT2D eigenvalue weighted by Gasteiger charge is -2.25. The number of ether oxygens (including phenoxy) is 2. The molecule has 2 aromatic rings. The average molecular weight is 326 g/mol. The Balaban J connectivity index is 1.40. The first-order valence-corrected chi connectivity index (χ1v) is 8.61. The summed E-state index contributed by atoms with van der Waals surface area (Å²) >= 11 is 0. The van der Waals surface area contributed by atoms with Crippen LogP contribution in [0.1, 0.15) is 18.1 Å². The summed E-state index contributed by atoms with van der Waals surface area (Å²) in [5.41, 5.74) is 3.77. The minimum atomic E-state index is 0.239. The van der Waals surface area contributed by atoms with E-state index in [1.807, 2.05) is 12.1 Å². The molecule has 1 aliphatic rings. The lowest BCUT2D eigenvalue weighted by molar-refractivity contribution is 0.226. The van der Waals surface area contributed by atoms with Crippen molar-refractivity contribution in [1.29, 1.82) is 0 Å². The van der Waals surface area contributed by atoms with Crippen LogP contribution in [0.15, 0.2) is 42.5 Å². The highest BCUT2D eigenvalue weighted by atomic mass is 16.5. The number of anilines is 1. The quantitative estimate of drug-likeness (QED) is 0.767. The lowest BCUT2D eigenvalue weighted by Crippen LogP contribution is -2.27. The Morgan fingerprint density at radius 1 is 1.08 bits per heavy atom. The molecule has 1 unspecified atom stereocenters. The molecule has 1 atom stereocenters. The zero-order chi connectivity index (χ0) is 16.8. The lowest BCUT2D eigenvalue weighted by atomic mass is 10.1. The van der Waals surface area contributed by atoms with Crippen LogP contribution >= 0.6 is 0 Å². The Morgan fingerprint density at radius 2 is 1.79 bits per heavy atom. The molecule has 1 heterocycles. The predicted molar refractivity (Wildman–Crippen MR) is 98.3 cm³/mol. The van der Waals surface area contributed by atoms with Crippen molar-refractivity contribution in [2.45, 2.75) is 25.9 Å². The molecule has 2 aromatic carbocycles. The van der Waals surface area contributed by atoms with Gasteiger partial charge in [-0.1, -0.05) is 18.2 Å². The molecule has 3 rings (SSSR count). The van der Waals surface area contributed by atoms with Crippen LogP contribution in [0.4, 0.5) is 5.69 Å². The van der Waals surface area contributed by atoms with Crippen molar-refractivity contribution in [2.24, 2.45) is 0 Å². The standard InChI is InChI=1S/C20H26N2O2/c1-15-14-22-19-13-17(5-8-20(19)24-15)10-12-21-11-9-16-3-6-18(23-2)7-4-16/h3-8,13,15,21-22H,9-12,14H2,1-2H3. The highest BCUT2D eigenvalue weighted by Crippen LogP contribution is 2.29. The van der Waals surface area contributed by atoms with E-state index < -0.39 is 0 Å². The molecule has 0 aromatic heterocycles. The van der Waals surface area contributed by atoms with Gasteiger partial charge in [-0.3, -0.25) is 0 Å². The number of benzene rings is 2. The molecule has 0 aliphatic carbocycles. The first-order valence-electron chi connectivity index (χ1n) is 8.61. The Kier molecular flexibility index (Phi) is 5.59. The highest BCUT2D eigenvalue weighted by Gasteiger charge is 2.15. The van der Waals surface area contributed by atoms with E-state index >= 15 is 0 Å². The van der Waals surface area contributed by atoms with Crippen LogP contribution in [0.25, 0.3) is 0 Å². The predicted octanol–water partition coefficient (Wildman–Crippen LogP) is 3.26. The molecule has 0 fully saturated rings.